The average molecular weight is 294 g/mol. The van der Waals surface area contributed by atoms with Crippen LogP contribution >= 0.6 is 0 Å². The molecule has 1 aliphatic rings. The fraction of sp³-hybridized carbons (Fsp3) is 0.222. The molecule has 2 aromatic rings. The Morgan fingerprint density at radius 3 is 2.45 bits per heavy atom. The lowest BCUT2D eigenvalue weighted by Crippen LogP contribution is -2.23. The fourth-order valence-electron chi connectivity index (χ4n) is 2.67. The Morgan fingerprint density at radius 2 is 1.82 bits per heavy atom. The maximum Gasteiger partial charge on any atom is 0.255 e. The van der Waals surface area contributed by atoms with E-state index in [1.165, 1.54) is 0 Å². The molecule has 1 N–H and O–H groups in total. The Balaban J connectivity index is 1.72. The van der Waals surface area contributed by atoms with E-state index >= 15 is 0 Å². The number of carbonyl (C=O) groups excluding carboxylic acids is 2. The molecular formula is C18H18N2O2. The monoisotopic (exact) mass is 294 g/mol. The fourth-order valence-corrected chi connectivity index (χ4v) is 2.67. The van der Waals surface area contributed by atoms with Crippen molar-refractivity contribution in [2.24, 2.45) is 0 Å². The number of amides is 2. The molecule has 0 unspecified atom stereocenters. The van der Waals surface area contributed by atoms with Crippen LogP contribution in [-0.2, 0) is 4.79 Å². The van der Waals surface area contributed by atoms with Crippen molar-refractivity contribution in [1.82, 2.24) is 0 Å². The molecule has 22 heavy (non-hydrogen) atoms. The van der Waals surface area contributed by atoms with Crippen molar-refractivity contribution in [3.8, 4) is 0 Å². The first kappa shape index (κ1) is 14.3. The van der Waals surface area contributed by atoms with Crippen LogP contribution in [0.2, 0.25) is 0 Å². The number of aryl methyl sites for hydroxylation is 1. The first-order valence-corrected chi connectivity index (χ1v) is 7.42. The van der Waals surface area contributed by atoms with E-state index in [0.717, 1.165) is 29.9 Å². The highest BCUT2D eigenvalue weighted by Crippen LogP contribution is 2.23. The lowest BCUT2D eigenvalue weighted by molar-refractivity contribution is -0.117. The number of benzene rings is 2. The Kier molecular flexibility index (Phi) is 3.92. The summed E-state index contributed by atoms with van der Waals surface area (Å²) in [5.74, 6) is 0.0415. The molecule has 1 saturated heterocycles. The van der Waals surface area contributed by atoms with E-state index in [1.807, 2.05) is 55.5 Å². The highest BCUT2D eigenvalue weighted by molar-refractivity contribution is 6.05. The molecule has 4 heteroatoms. The lowest BCUT2D eigenvalue weighted by atomic mass is 10.1. The van der Waals surface area contributed by atoms with Gasteiger partial charge in [0.15, 0.2) is 0 Å². The minimum Gasteiger partial charge on any atom is -0.322 e. The van der Waals surface area contributed by atoms with Gasteiger partial charge >= 0.3 is 0 Å². The molecule has 0 aromatic heterocycles. The quantitative estimate of drug-likeness (QED) is 0.943. The van der Waals surface area contributed by atoms with Crippen molar-refractivity contribution in [1.29, 1.82) is 0 Å². The van der Waals surface area contributed by atoms with Crippen molar-refractivity contribution in [2.75, 3.05) is 16.8 Å². The summed E-state index contributed by atoms with van der Waals surface area (Å²) in [6.07, 6.45) is 1.52. The second kappa shape index (κ2) is 6.02. The summed E-state index contributed by atoms with van der Waals surface area (Å²) in [5.41, 5.74) is 3.22. The van der Waals surface area contributed by atoms with Gasteiger partial charge in [0.1, 0.15) is 0 Å². The molecule has 1 heterocycles. The summed E-state index contributed by atoms with van der Waals surface area (Å²) in [6, 6.07) is 14.9. The van der Waals surface area contributed by atoms with Gasteiger partial charge in [-0.15, -0.1) is 0 Å². The van der Waals surface area contributed by atoms with Crippen molar-refractivity contribution in [2.45, 2.75) is 19.8 Å². The third kappa shape index (κ3) is 2.86. The molecule has 0 atom stereocenters. The van der Waals surface area contributed by atoms with Gasteiger partial charge in [0.25, 0.3) is 5.91 Å². The zero-order valence-electron chi connectivity index (χ0n) is 12.5. The number of rotatable bonds is 3. The minimum absolute atomic E-state index is 0.122. The Bertz CT molecular complexity index is 707. The third-order valence-electron chi connectivity index (χ3n) is 3.90. The highest BCUT2D eigenvalue weighted by atomic mass is 16.2. The van der Waals surface area contributed by atoms with Crippen molar-refractivity contribution < 1.29 is 9.59 Å². The van der Waals surface area contributed by atoms with Crippen molar-refractivity contribution >= 4 is 23.2 Å². The predicted molar refractivity (Wildman–Crippen MR) is 87.2 cm³/mol. The smallest absolute Gasteiger partial charge is 0.255 e. The maximum absolute atomic E-state index is 12.3. The summed E-state index contributed by atoms with van der Waals surface area (Å²) >= 11 is 0. The summed E-state index contributed by atoms with van der Waals surface area (Å²) in [7, 11) is 0. The van der Waals surface area contributed by atoms with Gasteiger partial charge < -0.3 is 10.2 Å². The number of anilines is 2. The van der Waals surface area contributed by atoms with E-state index in [-0.39, 0.29) is 11.8 Å². The lowest BCUT2D eigenvalue weighted by Gasteiger charge is -2.16. The zero-order valence-corrected chi connectivity index (χ0v) is 12.5. The largest absolute Gasteiger partial charge is 0.322 e. The zero-order chi connectivity index (χ0) is 15.5. The number of hydrogen-bond donors (Lipinski definition) is 1. The maximum atomic E-state index is 12.3. The average Bonchev–Trinajstić information content (AvgIpc) is 2.94. The van der Waals surface area contributed by atoms with Crippen LogP contribution in [0.4, 0.5) is 11.4 Å². The van der Waals surface area contributed by atoms with Gasteiger partial charge in [-0.1, -0.05) is 18.2 Å². The van der Waals surface area contributed by atoms with Crippen LogP contribution in [0.1, 0.15) is 28.8 Å². The van der Waals surface area contributed by atoms with Gasteiger partial charge in [-0.25, -0.2) is 0 Å². The molecule has 0 bridgehead atoms. The molecule has 3 rings (SSSR count). The molecule has 2 aromatic carbocycles. The van der Waals surface area contributed by atoms with Crippen LogP contribution in [0.15, 0.2) is 48.5 Å². The molecule has 1 fully saturated rings. The minimum atomic E-state index is -0.122. The molecule has 0 saturated carbocycles. The van der Waals surface area contributed by atoms with E-state index in [9.17, 15) is 9.59 Å². The van der Waals surface area contributed by atoms with Gasteiger partial charge in [0, 0.05) is 29.9 Å². The molecule has 2 amide bonds. The predicted octanol–water partition coefficient (Wildman–Crippen LogP) is 3.37. The number of nitrogens with zero attached hydrogens (tertiary/aromatic N) is 1. The molecular weight excluding hydrogens is 276 g/mol. The van der Waals surface area contributed by atoms with E-state index < -0.39 is 0 Å². The SMILES string of the molecule is Cc1ccccc1C(=O)Nc1ccc(N2CCCC2=O)cc1. The summed E-state index contributed by atoms with van der Waals surface area (Å²) in [4.78, 5) is 25.8. The van der Waals surface area contributed by atoms with Crippen LogP contribution in [0.5, 0.6) is 0 Å². The molecule has 0 aliphatic carbocycles. The normalized spacial score (nSPS) is 14.2. The van der Waals surface area contributed by atoms with E-state index in [0.29, 0.717) is 12.0 Å². The topological polar surface area (TPSA) is 49.4 Å². The Labute approximate surface area is 129 Å². The van der Waals surface area contributed by atoms with Gasteiger partial charge in [0.05, 0.1) is 0 Å². The van der Waals surface area contributed by atoms with Gasteiger partial charge in [-0.05, 0) is 49.2 Å². The van der Waals surface area contributed by atoms with Crippen molar-refractivity contribution in [3.05, 3.63) is 59.7 Å². The second-order valence-electron chi connectivity index (χ2n) is 5.46. The van der Waals surface area contributed by atoms with Crippen LogP contribution in [0.3, 0.4) is 0 Å². The number of nitrogens with one attached hydrogen (secondary N) is 1. The van der Waals surface area contributed by atoms with Crippen molar-refractivity contribution in [3.63, 3.8) is 0 Å². The van der Waals surface area contributed by atoms with E-state index in [4.69, 9.17) is 0 Å². The van der Waals surface area contributed by atoms with Gasteiger partial charge in [-0.3, -0.25) is 9.59 Å². The highest BCUT2D eigenvalue weighted by Gasteiger charge is 2.21. The summed E-state index contributed by atoms with van der Waals surface area (Å²) < 4.78 is 0. The summed E-state index contributed by atoms with van der Waals surface area (Å²) in [6.45, 7) is 2.69. The molecule has 0 radical (unpaired) electrons. The molecule has 0 spiro atoms. The first-order valence-electron chi connectivity index (χ1n) is 7.42. The van der Waals surface area contributed by atoms with Crippen LogP contribution in [-0.4, -0.2) is 18.4 Å². The van der Waals surface area contributed by atoms with Crippen LogP contribution in [0.25, 0.3) is 0 Å². The molecule has 112 valence electrons. The van der Waals surface area contributed by atoms with Crippen LogP contribution in [0, 0.1) is 6.92 Å². The molecule has 1 aliphatic heterocycles. The van der Waals surface area contributed by atoms with E-state index in [2.05, 4.69) is 5.32 Å². The first-order chi connectivity index (χ1) is 10.6. The standard InChI is InChI=1S/C18H18N2O2/c1-13-5-2-3-6-16(13)18(22)19-14-8-10-15(11-9-14)20-12-4-7-17(20)21/h2-3,5-6,8-11H,4,7,12H2,1H3,(H,19,22). The van der Waals surface area contributed by atoms with Gasteiger partial charge in [0.2, 0.25) is 5.91 Å². The van der Waals surface area contributed by atoms with E-state index in [1.54, 1.807) is 4.90 Å². The Hall–Kier alpha value is -2.62. The third-order valence-corrected chi connectivity index (χ3v) is 3.90. The number of carbonyl (C=O) groups is 2. The molecule has 4 nitrogen and oxygen atoms in total. The second-order valence-corrected chi connectivity index (χ2v) is 5.46. The van der Waals surface area contributed by atoms with Gasteiger partial charge in [-0.2, -0.15) is 0 Å². The Morgan fingerprint density at radius 1 is 1.09 bits per heavy atom. The van der Waals surface area contributed by atoms with Crippen LogP contribution < -0.4 is 10.2 Å². The number of hydrogen-bond acceptors (Lipinski definition) is 2. The summed E-state index contributed by atoms with van der Waals surface area (Å²) in [5, 5.41) is 2.89.